The van der Waals surface area contributed by atoms with E-state index in [9.17, 15) is 9.59 Å². The third-order valence-corrected chi connectivity index (χ3v) is 4.00. The number of carbonyl (C=O) groups excluding carboxylic acids is 1. The molecule has 0 saturated carbocycles. The maximum absolute atomic E-state index is 12.6. The lowest BCUT2D eigenvalue weighted by Gasteiger charge is -2.13. The van der Waals surface area contributed by atoms with Crippen molar-refractivity contribution in [3.05, 3.63) is 68.7 Å². The van der Waals surface area contributed by atoms with Gasteiger partial charge in [0.1, 0.15) is 0 Å². The first kappa shape index (κ1) is 17.1. The van der Waals surface area contributed by atoms with Gasteiger partial charge in [0.25, 0.3) is 0 Å². The van der Waals surface area contributed by atoms with Crippen molar-refractivity contribution >= 4 is 28.5 Å². The van der Waals surface area contributed by atoms with Crippen LogP contribution in [0.1, 0.15) is 28.7 Å². The van der Waals surface area contributed by atoms with Gasteiger partial charge in [-0.2, -0.15) is 5.10 Å². The smallest absolute Gasteiger partial charge is 0.362 e. The van der Waals surface area contributed by atoms with Gasteiger partial charge in [-0.1, -0.05) is 23.7 Å². The molecule has 2 heterocycles. The second kappa shape index (κ2) is 7.03. The highest BCUT2D eigenvalue weighted by molar-refractivity contribution is 6.35. The molecule has 3 rings (SSSR count). The second-order valence-corrected chi connectivity index (χ2v) is 5.91. The molecule has 0 fully saturated rings. The van der Waals surface area contributed by atoms with Gasteiger partial charge in [0.2, 0.25) is 11.1 Å². The van der Waals surface area contributed by atoms with Crippen LogP contribution >= 0.6 is 11.6 Å². The Morgan fingerprint density at radius 3 is 2.76 bits per heavy atom. The van der Waals surface area contributed by atoms with E-state index in [-0.39, 0.29) is 12.3 Å². The van der Waals surface area contributed by atoms with Gasteiger partial charge in [0.15, 0.2) is 0 Å². The number of aryl methyl sites for hydroxylation is 1. The molecule has 0 aliphatic rings. The minimum Gasteiger partial charge on any atom is -0.461 e. The minimum atomic E-state index is -0.745. The Bertz CT molecular complexity index is 997. The molecule has 0 amide bonds. The molecule has 3 aromatic rings. The SMILES string of the molecule is CCOC(=O)c1nn(Cc2ccc(C)nc2)c2c(Cl)cccc2c1=O. The fourth-order valence-electron chi connectivity index (χ4n) is 2.52. The fourth-order valence-corrected chi connectivity index (χ4v) is 2.79. The molecule has 0 aliphatic heterocycles. The first-order valence-electron chi connectivity index (χ1n) is 7.79. The Balaban J connectivity index is 2.21. The van der Waals surface area contributed by atoms with Gasteiger partial charge >= 0.3 is 5.97 Å². The van der Waals surface area contributed by atoms with E-state index >= 15 is 0 Å². The largest absolute Gasteiger partial charge is 0.461 e. The molecular formula is C18H16ClN3O3. The Hall–Kier alpha value is -2.73. The van der Waals surface area contributed by atoms with Crippen molar-refractivity contribution in [2.45, 2.75) is 20.4 Å². The highest BCUT2D eigenvalue weighted by Gasteiger charge is 2.19. The van der Waals surface area contributed by atoms with Crippen LogP contribution in [-0.2, 0) is 11.3 Å². The third kappa shape index (κ3) is 3.39. The van der Waals surface area contributed by atoms with Crippen molar-refractivity contribution in [3.8, 4) is 0 Å². The molecular weight excluding hydrogens is 342 g/mol. The fraction of sp³-hybridized carbons (Fsp3) is 0.222. The van der Waals surface area contributed by atoms with Gasteiger partial charge in [-0.15, -0.1) is 0 Å². The normalized spacial score (nSPS) is 10.8. The summed E-state index contributed by atoms with van der Waals surface area (Å²) in [5, 5.41) is 4.93. The van der Waals surface area contributed by atoms with Gasteiger partial charge in [0.05, 0.1) is 29.1 Å². The lowest BCUT2D eigenvalue weighted by molar-refractivity contribution is 0.0515. The number of esters is 1. The van der Waals surface area contributed by atoms with Crippen LogP contribution in [0.2, 0.25) is 5.02 Å². The van der Waals surface area contributed by atoms with E-state index in [4.69, 9.17) is 16.3 Å². The van der Waals surface area contributed by atoms with Crippen LogP contribution < -0.4 is 5.43 Å². The number of benzene rings is 1. The first-order valence-corrected chi connectivity index (χ1v) is 8.17. The molecule has 0 aliphatic carbocycles. The number of ether oxygens (including phenoxy) is 1. The van der Waals surface area contributed by atoms with E-state index in [1.807, 2.05) is 19.1 Å². The van der Waals surface area contributed by atoms with Gasteiger partial charge < -0.3 is 4.74 Å². The Kier molecular flexibility index (Phi) is 4.81. The van der Waals surface area contributed by atoms with Crippen molar-refractivity contribution in [2.75, 3.05) is 6.61 Å². The summed E-state index contributed by atoms with van der Waals surface area (Å²) in [7, 11) is 0. The zero-order chi connectivity index (χ0) is 18.0. The standard InChI is InChI=1S/C18H16ClN3O3/c1-3-25-18(24)15-17(23)13-5-4-6-14(19)16(13)22(21-15)10-12-8-7-11(2)20-9-12/h4-9H,3,10H2,1-2H3. The lowest BCUT2D eigenvalue weighted by atomic mass is 10.2. The molecule has 128 valence electrons. The van der Waals surface area contributed by atoms with E-state index in [0.717, 1.165) is 11.3 Å². The van der Waals surface area contributed by atoms with E-state index in [2.05, 4.69) is 10.1 Å². The quantitative estimate of drug-likeness (QED) is 0.671. The maximum Gasteiger partial charge on any atom is 0.362 e. The number of halogens is 1. The van der Waals surface area contributed by atoms with Gasteiger partial charge in [-0.25, -0.2) is 4.79 Å². The molecule has 0 radical (unpaired) electrons. The summed E-state index contributed by atoms with van der Waals surface area (Å²) in [4.78, 5) is 29.0. The number of aromatic nitrogens is 3. The third-order valence-electron chi connectivity index (χ3n) is 3.70. The second-order valence-electron chi connectivity index (χ2n) is 5.50. The number of fused-ring (bicyclic) bond motifs is 1. The van der Waals surface area contributed by atoms with Crippen molar-refractivity contribution < 1.29 is 9.53 Å². The number of carbonyl (C=O) groups is 1. The van der Waals surface area contributed by atoms with Crippen molar-refractivity contribution in [1.82, 2.24) is 14.8 Å². The summed E-state index contributed by atoms with van der Waals surface area (Å²) in [5.41, 5.74) is 1.50. The van der Waals surface area contributed by atoms with Crippen molar-refractivity contribution in [1.29, 1.82) is 0 Å². The van der Waals surface area contributed by atoms with Crippen LogP contribution in [0.5, 0.6) is 0 Å². The van der Waals surface area contributed by atoms with Crippen molar-refractivity contribution in [2.24, 2.45) is 0 Å². The summed E-state index contributed by atoms with van der Waals surface area (Å²) >= 11 is 6.29. The number of para-hydroxylation sites is 1. The van der Waals surface area contributed by atoms with E-state index in [1.54, 1.807) is 31.3 Å². The summed E-state index contributed by atoms with van der Waals surface area (Å²) in [5.74, 6) is -0.745. The number of hydrogen-bond acceptors (Lipinski definition) is 5. The average Bonchev–Trinajstić information content (AvgIpc) is 2.59. The van der Waals surface area contributed by atoms with Crippen LogP contribution in [0.3, 0.4) is 0 Å². The molecule has 1 aromatic carbocycles. The van der Waals surface area contributed by atoms with Gasteiger partial charge in [-0.05, 0) is 37.6 Å². The molecule has 6 nitrogen and oxygen atoms in total. The molecule has 0 bridgehead atoms. The predicted molar refractivity (Wildman–Crippen MR) is 95.0 cm³/mol. The monoisotopic (exact) mass is 357 g/mol. The first-order chi connectivity index (χ1) is 12.0. The Labute approximate surface area is 149 Å². The molecule has 7 heteroatoms. The summed E-state index contributed by atoms with van der Waals surface area (Å²) in [6.07, 6.45) is 1.72. The molecule has 0 saturated heterocycles. The summed E-state index contributed by atoms with van der Waals surface area (Å²) in [6.45, 7) is 4.05. The molecule has 25 heavy (non-hydrogen) atoms. The molecule has 0 N–H and O–H groups in total. The van der Waals surface area contributed by atoms with E-state index < -0.39 is 11.4 Å². The summed E-state index contributed by atoms with van der Waals surface area (Å²) < 4.78 is 6.49. The molecule has 2 aromatic heterocycles. The van der Waals surface area contributed by atoms with E-state index in [1.165, 1.54) is 4.68 Å². The minimum absolute atomic E-state index is 0.162. The zero-order valence-corrected chi connectivity index (χ0v) is 14.6. The Morgan fingerprint density at radius 2 is 2.08 bits per heavy atom. The van der Waals surface area contributed by atoms with Crippen LogP contribution in [0.25, 0.3) is 10.9 Å². The lowest BCUT2D eigenvalue weighted by Crippen LogP contribution is -2.25. The van der Waals surface area contributed by atoms with Gasteiger partial charge in [-0.3, -0.25) is 14.5 Å². The van der Waals surface area contributed by atoms with Crippen LogP contribution in [0.15, 0.2) is 41.3 Å². The predicted octanol–water partition coefficient (Wildman–Crippen LogP) is 2.98. The maximum atomic E-state index is 12.6. The number of rotatable bonds is 4. The number of pyridine rings is 1. The number of nitrogens with zero attached hydrogens (tertiary/aromatic N) is 3. The highest BCUT2D eigenvalue weighted by Crippen LogP contribution is 2.21. The summed E-state index contributed by atoms with van der Waals surface area (Å²) in [6, 6.07) is 8.76. The highest BCUT2D eigenvalue weighted by atomic mass is 35.5. The zero-order valence-electron chi connectivity index (χ0n) is 13.8. The molecule has 0 spiro atoms. The topological polar surface area (TPSA) is 74.1 Å². The van der Waals surface area contributed by atoms with Crippen molar-refractivity contribution in [3.63, 3.8) is 0 Å². The average molecular weight is 358 g/mol. The Morgan fingerprint density at radius 1 is 1.28 bits per heavy atom. The van der Waals surface area contributed by atoms with Gasteiger partial charge in [0, 0.05) is 11.9 Å². The van der Waals surface area contributed by atoms with Crippen LogP contribution in [0, 0.1) is 6.92 Å². The number of hydrogen-bond donors (Lipinski definition) is 0. The van der Waals surface area contributed by atoms with Crippen LogP contribution in [-0.4, -0.2) is 27.3 Å². The van der Waals surface area contributed by atoms with E-state index in [0.29, 0.717) is 22.5 Å². The molecule has 0 unspecified atom stereocenters. The molecule has 0 atom stereocenters. The van der Waals surface area contributed by atoms with Crippen LogP contribution in [0.4, 0.5) is 0 Å².